The van der Waals surface area contributed by atoms with Gasteiger partial charge in [-0.25, -0.2) is 0 Å². The first-order valence-electron chi connectivity index (χ1n) is 9.51. The number of benzene rings is 2. The highest BCUT2D eigenvalue weighted by Gasteiger charge is 2.21. The van der Waals surface area contributed by atoms with Crippen LogP contribution in [0.15, 0.2) is 36.4 Å². The highest BCUT2D eigenvalue weighted by Crippen LogP contribution is 2.28. The number of carbonyl (C=O) groups is 2. The Hall–Kier alpha value is -2.86. The first-order valence-corrected chi connectivity index (χ1v) is 9.51. The molecule has 0 unspecified atom stereocenters. The summed E-state index contributed by atoms with van der Waals surface area (Å²) >= 11 is 0. The number of esters is 1. The first-order chi connectivity index (χ1) is 13.5. The molecule has 2 aromatic carbocycles. The number of fused-ring (bicyclic) bond motifs is 2. The van der Waals surface area contributed by atoms with E-state index < -0.39 is 0 Å². The van der Waals surface area contributed by atoms with Crippen molar-refractivity contribution in [3.8, 4) is 11.5 Å². The Morgan fingerprint density at radius 3 is 2.50 bits per heavy atom. The highest BCUT2D eigenvalue weighted by molar-refractivity contribution is 5.74. The minimum absolute atomic E-state index is 0.0774. The van der Waals surface area contributed by atoms with Crippen LogP contribution in [0.25, 0.3) is 0 Å². The summed E-state index contributed by atoms with van der Waals surface area (Å²) in [6.45, 7) is 6.11. The standard InChI is InChI=1S/C13H15NO3.C9H11NO/c1-9(15)14-7-6-12-11(8-14)4-3-5-13(12)17-10(2)16;11-9-3-1-2-7-6-10-5-4-8(7)9/h3-5H,6-8H2,1-2H3;1-3,10-11H,4-6H2. The van der Waals surface area contributed by atoms with E-state index in [2.05, 4.69) is 11.4 Å². The van der Waals surface area contributed by atoms with Gasteiger partial charge in [-0.2, -0.15) is 0 Å². The Morgan fingerprint density at radius 2 is 1.79 bits per heavy atom. The van der Waals surface area contributed by atoms with Crippen LogP contribution in [0.3, 0.4) is 0 Å². The van der Waals surface area contributed by atoms with Crippen LogP contribution in [0.5, 0.6) is 11.5 Å². The van der Waals surface area contributed by atoms with E-state index in [0.29, 0.717) is 24.6 Å². The minimum atomic E-state index is -0.313. The van der Waals surface area contributed by atoms with E-state index in [1.165, 1.54) is 12.5 Å². The third-order valence-electron chi connectivity index (χ3n) is 5.04. The summed E-state index contributed by atoms with van der Waals surface area (Å²) in [4.78, 5) is 24.1. The second-order valence-corrected chi connectivity index (χ2v) is 7.02. The molecule has 0 radical (unpaired) electrons. The predicted octanol–water partition coefficient (Wildman–Crippen LogP) is 2.55. The summed E-state index contributed by atoms with van der Waals surface area (Å²) < 4.78 is 5.17. The zero-order valence-corrected chi connectivity index (χ0v) is 16.3. The molecule has 0 saturated heterocycles. The lowest BCUT2D eigenvalue weighted by molar-refractivity contribution is -0.132. The van der Waals surface area contributed by atoms with Crippen LogP contribution in [-0.4, -0.2) is 35.0 Å². The Bertz CT molecular complexity index is 879. The maximum atomic E-state index is 11.3. The highest BCUT2D eigenvalue weighted by atomic mass is 16.5. The molecule has 6 nitrogen and oxygen atoms in total. The van der Waals surface area contributed by atoms with Crippen LogP contribution < -0.4 is 10.1 Å². The molecule has 0 bridgehead atoms. The number of ether oxygens (including phenoxy) is 1. The molecule has 0 atom stereocenters. The van der Waals surface area contributed by atoms with Crippen molar-refractivity contribution in [1.29, 1.82) is 0 Å². The third kappa shape index (κ3) is 4.70. The van der Waals surface area contributed by atoms with Gasteiger partial charge >= 0.3 is 5.97 Å². The van der Waals surface area contributed by atoms with Crippen molar-refractivity contribution >= 4 is 11.9 Å². The Morgan fingerprint density at radius 1 is 1.04 bits per heavy atom. The van der Waals surface area contributed by atoms with Gasteiger partial charge in [0.05, 0.1) is 0 Å². The number of hydrogen-bond donors (Lipinski definition) is 2. The molecule has 2 N–H and O–H groups in total. The first kappa shape index (κ1) is 19.9. The Labute approximate surface area is 165 Å². The van der Waals surface area contributed by atoms with Crippen molar-refractivity contribution in [1.82, 2.24) is 10.2 Å². The molecular formula is C22H26N2O4. The summed E-state index contributed by atoms with van der Waals surface area (Å²) in [6.07, 6.45) is 1.68. The van der Waals surface area contributed by atoms with Crippen LogP contribution >= 0.6 is 0 Å². The molecule has 0 aromatic heterocycles. The molecule has 0 spiro atoms. The quantitative estimate of drug-likeness (QED) is 0.585. The molecule has 28 heavy (non-hydrogen) atoms. The summed E-state index contributed by atoms with van der Waals surface area (Å²) in [5, 5.41) is 12.7. The fourth-order valence-electron chi connectivity index (χ4n) is 3.61. The summed E-state index contributed by atoms with van der Waals surface area (Å²) in [6, 6.07) is 11.3. The lowest BCUT2D eigenvalue weighted by Gasteiger charge is -2.28. The van der Waals surface area contributed by atoms with Crippen molar-refractivity contribution in [2.24, 2.45) is 0 Å². The van der Waals surface area contributed by atoms with E-state index in [1.807, 2.05) is 18.2 Å². The number of nitrogens with one attached hydrogen (secondary N) is 1. The monoisotopic (exact) mass is 382 g/mol. The van der Waals surface area contributed by atoms with E-state index in [0.717, 1.165) is 42.6 Å². The average Bonchev–Trinajstić information content (AvgIpc) is 2.68. The van der Waals surface area contributed by atoms with Crippen LogP contribution in [0, 0.1) is 0 Å². The molecular weight excluding hydrogens is 356 g/mol. The van der Waals surface area contributed by atoms with Gasteiger partial charge in [-0.05, 0) is 48.2 Å². The summed E-state index contributed by atoms with van der Waals surface area (Å²) in [5.41, 5.74) is 4.45. The molecule has 4 rings (SSSR count). The van der Waals surface area contributed by atoms with Gasteiger partial charge in [-0.1, -0.05) is 24.3 Å². The zero-order valence-electron chi connectivity index (χ0n) is 16.3. The molecule has 2 aliphatic heterocycles. The second-order valence-electron chi connectivity index (χ2n) is 7.02. The molecule has 1 amide bonds. The topological polar surface area (TPSA) is 78.9 Å². The maximum absolute atomic E-state index is 11.3. The fraction of sp³-hybridized carbons (Fsp3) is 0.364. The maximum Gasteiger partial charge on any atom is 0.308 e. The molecule has 0 saturated carbocycles. The van der Waals surface area contributed by atoms with E-state index >= 15 is 0 Å². The second kappa shape index (κ2) is 8.89. The van der Waals surface area contributed by atoms with Crippen LogP contribution in [-0.2, 0) is 35.5 Å². The van der Waals surface area contributed by atoms with Crippen molar-refractivity contribution in [3.05, 3.63) is 58.7 Å². The Balaban J connectivity index is 0.000000176. The van der Waals surface area contributed by atoms with Gasteiger partial charge in [0.25, 0.3) is 0 Å². The molecule has 2 aliphatic rings. The predicted molar refractivity (Wildman–Crippen MR) is 106 cm³/mol. The number of hydrogen-bond acceptors (Lipinski definition) is 5. The lowest BCUT2D eigenvalue weighted by atomic mass is 9.98. The smallest absolute Gasteiger partial charge is 0.308 e. The Kier molecular flexibility index (Phi) is 6.31. The summed E-state index contributed by atoms with van der Waals surface area (Å²) in [5.74, 6) is 0.836. The molecule has 2 aromatic rings. The van der Waals surface area contributed by atoms with Crippen molar-refractivity contribution in [3.63, 3.8) is 0 Å². The van der Waals surface area contributed by atoms with E-state index in [1.54, 1.807) is 24.0 Å². The average molecular weight is 382 g/mol. The van der Waals surface area contributed by atoms with Gasteiger partial charge in [0, 0.05) is 39.0 Å². The SMILES string of the molecule is CC(=O)Oc1cccc2c1CCN(C(C)=O)C2.Oc1cccc2c1CCNC2. The van der Waals surface area contributed by atoms with Gasteiger partial charge in [-0.15, -0.1) is 0 Å². The number of phenolic OH excluding ortho intramolecular Hbond substituents is 1. The number of phenols is 1. The van der Waals surface area contributed by atoms with E-state index in [9.17, 15) is 14.7 Å². The van der Waals surface area contributed by atoms with Crippen molar-refractivity contribution < 1.29 is 19.4 Å². The van der Waals surface area contributed by atoms with Crippen LogP contribution in [0.2, 0.25) is 0 Å². The van der Waals surface area contributed by atoms with Gasteiger partial charge in [0.1, 0.15) is 11.5 Å². The van der Waals surface area contributed by atoms with Crippen LogP contribution in [0.4, 0.5) is 0 Å². The number of amides is 1. The van der Waals surface area contributed by atoms with Gasteiger partial charge < -0.3 is 20.1 Å². The lowest BCUT2D eigenvalue weighted by Crippen LogP contribution is -2.34. The van der Waals surface area contributed by atoms with E-state index in [-0.39, 0.29) is 11.9 Å². The van der Waals surface area contributed by atoms with Crippen molar-refractivity contribution in [2.75, 3.05) is 13.1 Å². The van der Waals surface area contributed by atoms with E-state index in [4.69, 9.17) is 4.74 Å². The molecule has 148 valence electrons. The summed E-state index contributed by atoms with van der Waals surface area (Å²) in [7, 11) is 0. The minimum Gasteiger partial charge on any atom is -0.508 e. The molecule has 2 heterocycles. The number of rotatable bonds is 1. The molecule has 0 aliphatic carbocycles. The number of nitrogens with zero attached hydrogens (tertiary/aromatic N) is 1. The van der Waals surface area contributed by atoms with Crippen LogP contribution in [0.1, 0.15) is 36.1 Å². The normalized spacial score (nSPS) is 14.9. The van der Waals surface area contributed by atoms with Gasteiger partial charge in [-0.3, -0.25) is 9.59 Å². The van der Waals surface area contributed by atoms with Crippen molar-refractivity contribution in [2.45, 2.75) is 39.8 Å². The van der Waals surface area contributed by atoms with Gasteiger partial charge in [0.2, 0.25) is 5.91 Å². The number of carbonyl (C=O) groups excluding carboxylic acids is 2. The zero-order chi connectivity index (χ0) is 20.1. The fourth-order valence-corrected chi connectivity index (χ4v) is 3.61. The van der Waals surface area contributed by atoms with Gasteiger partial charge in [0.15, 0.2) is 0 Å². The number of aromatic hydroxyl groups is 1. The third-order valence-corrected chi connectivity index (χ3v) is 5.04. The molecule has 0 fully saturated rings. The largest absolute Gasteiger partial charge is 0.508 e. The molecule has 6 heteroatoms.